The highest BCUT2D eigenvalue weighted by molar-refractivity contribution is 5.33. The van der Waals surface area contributed by atoms with Gasteiger partial charge in [0.2, 0.25) is 0 Å². The standard InChI is InChI=1S/C8H14N4/c1-3-12-6(2)8(11)7(10)4-5-9/h3-5,12H,1-2,9-11H2/b5-4-,8-7-. The van der Waals surface area contributed by atoms with Crippen LogP contribution < -0.4 is 22.5 Å². The summed E-state index contributed by atoms with van der Waals surface area (Å²) in [6, 6.07) is 0. The summed E-state index contributed by atoms with van der Waals surface area (Å²) < 4.78 is 0. The summed E-state index contributed by atoms with van der Waals surface area (Å²) in [6.45, 7) is 7.08. The summed E-state index contributed by atoms with van der Waals surface area (Å²) in [5.41, 5.74) is 17.4. The molecule has 0 saturated heterocycles. The average molecular weight is 166 g/mol. The van der Waals surface area contributed by atoms with Gasteiger partial charge in [0.05, 0.1) is 17.1 Å². The third-order valence-corrected chi connectivity index (χ3v) is 1.19. The lowest BCUT2D eigenvalue weighted by molar-refractivity contribution is 1.04. The largest absolute Gasteiger partial charge is 0.405 e. The molecule has 66 valence electrons. The second-order valence-corrected chi connectivity index (χ2v) is 2.06. The summed E-state index contributed by atoms with van der Waals surface area (Å²) in [4.78, 5) is 0. The number of rotatable bonds is 4. The van der Waals surface area contributed by atoms with E-state index in [2.05, 4.69) is 18.5 Å². The Labute approximate surface area is 72.1 Å². The molecule has 0 atom stereocenters. The Balaban J connectivity index is 4.53. The minimum atomic E-state index is 0.358. The van der Waals surface area contributed by atoms with Crippen molar-refractivity contribution >= 4 is 0 Å². The van der Waals surface area contributed by atoms with Gasteiger partial charge in [0.25, 0.3) is 0 Å². The quantitative estimate of drug-likeness (QED) is 0.437. The van der Waals surface area contributed by atoms with Crippen molar-refractivity contribution in [3.05, 3.63) is 48.7 Å². The number of hydrogen-bond acceptors (Lipinski definition) is 4. The van der Waals surface area contributed by atoms with Crippen molar-refractivity contribution in [1.82, 2.24) is 5.32 Å². The minimum Gasteiger partial charge on any atom is -0.405 e. The zero-order chi connectivity index (χ0) is 9.56. The smallest absolute Gasteiger partial charge is 0.0781 e. The van der Waals surface area contributed by atoms with Gasteiger partial charge in [-0.15, -0.1) is 0 Å². The van der Waals surface area contributed by atoms with Crippen LogP contribution in [0.2, 0.25) is 0 Å². The molecule has 0 aliphatic carbocycles. The average Bonchev–Trinajstić information content (AvgIpc) is 2.04. The van der Waals surface area contributed by atoms with Gasteiger partial charge < -0.3 is 22.5 Å². The highest BCUT2D eigenvalue weighted by Crippen LogP contribution is 2.00. The van der Waals surface area contributed by atoms with Gasteiger partial charge in [-0.1, -0.05) is 13.2 Å². The summed E-state index contributed by atoms with van der Waals surface area (Å²) >= 11 is 0. The third kappa shape index (κ3) is 2.83. The summed E-state index contributed by atoms with van der Waals surface area (Å²) in [5, 5.41) is 2.72. The molecule has 0 rings (SSSR count). The molecule has 0 aromatic rings. The molecule has 4 heteroatoms. The molecule has 4 nitrogen and oxygen atoms in total. The van der Waals surface area contributed by atoms with Crippen molar-refractivity contribution in [3.8, 4) is 0 Å². The molecule has 0 aliphatic rings. The van der Waals surface area contributed by atoms with Crippen LogP contribution in [0, 0.1) is 0 Å². The third-order valence-electron chi connectivity index (χ3n) is 1.19. The molecule has 0 bridgehead atoms. The van der Waals surface area contributed by atoms with Crippen LogP contribution in [0.3, 0.4) is 0 Å². The van der Waals surface area contributed by atoms with Gasteiger partial charge in [-0.3, -0.25) is 0 Å². The SMILES string of the molecule is C=CNC(=C)/C(N)=C(N)\C=C/N. The van der Waals surface area contributed by atoms with E-state index in [1.807, 2.05) is 0 Å². The van der Waals surface area contributed by atoms with Crippen LogP contribution in [0.5, 0.6) is 0 Å². The first-order chi connectivity index (χ1) is 5.63. The molecule has 0 heterocycles. The second-order valence-electron chi connectivity index (χ2n) is 2.06. The van der Waals surface area contributed by atoms with E-state index in [1.54, 1.807) is 0 Å². The van der Waals surface area contributed by atoms with Gasteiger partial charge in [-0.2, -0.15) is 0 Å². The van der Waals surface area contributed by atoms with E-state index in [0.717, 1.165) is 0 Å². The minimum absolute atomic E-state index is 0.358. The maximum Gasteiger partial charge on any atom is 0.0781 e. The van der Waals surface area contributed by atoms with Gasteiger partial charge in [0, 0.05) is 0 Å². The summed E-state index contributed by atoms with van der Waals surface area (Å²) in [6.07, 6.45) is 4.27. The monoisotopic (exact) mass is 166 g/mol. The number of allylic oxidation sites excluding steroid dienone is 1. The number of hydrogen-bond donors (Lipinski definition) is 4. The van der Waals surface area contributed by atoms with Crippen molar-refractivity contribution in [1.29, 1.82) is 0 Å². The fraction of sp³-hybridized carbons (Fsp3) is 0. The van der Waals surface area contributed by atoms with E-state index in [4.69, 9.17) is 17.2 Å². The zero-order valence-electron chi connectivity index (χ0n) is 6.88. The highest BCUT2D eigenvalue weighted by atomic mass is 14.9. The Kier molecular flexibility index (Phi) is 4.15. The van der Waals surface area contributed by atoms with Crippen LogP contribution in [-0.2, 0) is 0 Å². The molecule has 0 unspecified atom stereocenters. The van der Waals surface area contributed by atoms with E-state index in [9.17, 15) is 0 Å². The Hall–Kier alpha value is -1.84. The van der Waals surface area contributed by atoms with Crippen molar-refractivity contribution in [3.63, 3.8) is 0 Å². The highest BCUT2D eigenvalue weighted by Gasteiger charge is 1.98. The van der Waals surface area contributed by atoms with Crippen LogP contribution in [0.25, 0.3) is 0 Å². The lowest BCUT2D eigenvalue weighted by Gasteiger charge is -2.06. The van der Waals surface area contributed by atoms with Crippen LogP contribution in [-0.4, -0.2) is 0 Å². The summed E-state index contributed by atoms with van der Waals surface area (Å²) in [7, 11) is 0. The molecular weight excluding hydrogens is 152 g/mol. The molecule has 0 amide bonds. The molecule has 0 radical (unpaired) electrons. The molecule has 0 aromatic carbocycles. The maximum absolute atomic E-state index is 5.57. The fourth-order valence-electron chi connectivity index (χ4n) is 0.569. The van der Waals surface area contributed by atoms with E-state index >= 15 is 0 Å². The van der Waals surface area contributed by atoms with Gasteiger partial charge in [-0.25, -0.2) is 0 Å². The van der Waals surface area contributed by atoms with Crippen molar-refractivity contribution < 1.29 is 0 Å². The molecule has 0 spiro atoms. The molecule has 0 saturated carbocycles. The van der Waals surface area contributed by atoms with E-state index < -0.39 is 0 Å². The second kappa shape index (κ2) is 4.90. The lowest BCUT2D eigenvalue weighted by atomic mass is 10.3. The lowest BCUT2D eigenvalue weighted by Crippen LogP contribution is -2.17. The number of nitrogens with two attached hydrogens (primary N) is 3. The number of nitrogens with one attached hydrogen (secondary N) is 1. The first kappa shape index (κ1) is 10.2. The van der Waals surface area contributed by atoms with Gasteiger partial charge in [-0.05, 0) is 18.5 Å². The van der Waals surface area contributed by atoms with Crippen LogP contribution in [0.4, 0.5) is 0 Å². The molecule has 0 aromatic heterocycles. The Morgan fingerprint density at radius 3 is 2.33 bits per heavy atom. The topological polar surface area (TPSA) is 90.1 Å². The summed E-state index contributed by atoms with van der Waals surface area (Å²) in [5.74, 6) is 0. The van der Waals surface area contributed by atoms with Crippen LogP contribution >= 0.6 is 0 Å². The van der Waals surface area contributed by atoms with Crippen LogP contribution in [0.15, 0.2) is 48.7 Å². The van der Waals surface area contributed by atoms with Crippen molar-refractivity contribution in [2.75, 3.05) is 0 Å². The maximum atomic E-state index is 5.57. The first-order valence-corrected chi connectivity index (χ1v) is 3.33. The molecule has 7 N–H and O–H groups in total. The predicted octanol–water partition coefficient (Wildman–Crippen LogP) is -0.165. The molecule has 0 fully saturated rings. The predicted molar refractivity (Wildman–Crippen MR) is 51.2 cm³/mol. The molecular formula is C8H14N4. The Morgan fingerprint density at radius 2 is 1.92 bits per heavy atom. The van der Waals surface area contributed by atoms with E-state index in [0.29, 0.717) is 17.1 Å². The van der Waals surface area contributed by atoms with E-state index in [-0.39, 0.29) is 0 Å². The normalized spacial score (nSPS) is 12.3. The Bertz CT molecular complexity index is 237. The molecule has 12 heavy (non-hydrogen) atoms. The van der Waals surface area contributed by atoms with Gasteiger partial charge >= 0.3 is 0 Å². The van der Waals surface area contributed by atoms with Crippen molar-refractivity contribution in [2.45, 2.75) is 0 Å². The van der Waals surface area contributed by atoms with Gasteiger partial charge in [0.15, 0.2) is 0 Å². The van der Waals surface area contributed by atoms with Crippen molar-refractivity contribution in [2.24, 2.45) is 17.2 Å². The Morgan fingerprint density at radius 1 is 1.33 bits per heavy atom. The fourth-order valence-corrected chi connectivity index (χ4v) is 0.569. The molecule has 0 aliphatic heterocycles. The van der Waals surface area contributed by atoms with Crippen LogP contribution in [0.1, 0.15) is 0 Å². The first-order valence-electron chi connectivity index (χ1n) is 3.33. The van der Waals surface area contributed by atoms with Gasteiger partial charge in [0.1, 0.15) is 0 Å². The van der Waals surface area contributed by atoms with E-state index in [1.165, 1.54) is 18.5 Å². The zero-order valence-corrected chi connectivity index (χ0v) is 6.88.